The van der Waals surface area contributed by atoms with E-state index in [1.54, 1.807) is 4.98 Å². The van der Waals surface area contributed by atoms with Crippen LogP contribution in [0.3, 0.4) is 0 Å². The van der Waals surface area contributed by atoms with Crippen LogP contribution in [0.1, 0.15) is 5.69 Å². The molecule has 0 radical (unpaired) electrons. The first-order valence-corrected chi connectivity index (χ1v) is 3.30. The van der Waals surface area contributed by atoms with Gasteiger partial charge in [0.2, 0.25) is 5.69 Å². The standard InChI is InChI=1S/C5H2ClF3N2O2/c6-2-1-3(11(12)13)10-4(2)5(7,8)9/h1,10H. The quantitative estimate of drug-likeness (QED) is 0.577. The molecule has 0 aliphatic carbocycles. The molecule has 0 fully saturated rings. The lowest BCUT2D eigenvalue weighted by Gasteiger charge is -1.99. The van der Waals surface area contributed by atoms with Crippen molar-refractivity contribution in [3.8, 4) is 0 Å². The van der Waals surface area contributed by atoms with Crippen LogP contribution in [0.25, 0.3) is 0 Å². The number of halogens is 4. The largest absolute Gasteiger partial charge is 0.454 e. The molecular weight excluding hydrogens is 213 g/mol. The Kier molecular flexibility index (Phi) is 2.21. The fraction of sp³-hybridized carbons (Fsp3) is 0.200. The van der Waals surface area contributed by atoms with E-state index < -0.39 is 27.6 Å². The van der Waals surface area contributed by atoms with E-state index >= 15 is 0 Å². The first kappa shape index (κ1) is 9.85. The number of aromatic amines is 1. The van der Waals surface area contributed by atoms with Crippen LogP contribution in [0.4, 0.5) is 19.0 Å². The van der Waals surface area contributed by atoms with Gasteiger partial charge in [-0.25, -0.2) is 4.98 Å². The zero-order chi connectivity index (χ0) is 10.2. The summed E-state index contributed by atoms with van der Waals surface area (Å²) in [6, 6.07) is 0.615. The minimum Gasteiger partial charge on any atom is -0.358 e. The second-order valence-electron chi connectivity index (χ2n) is 2.13. The summed E-state index contributed by atoms with van der Waals surface area (Å²) in [5.74, 6) is -0.780. The first-order chi connectivity index (χ1) is 5.82. The third-order valence-electron chi connectivity index (χ3n) is 1.24. The van der Waals surface area contributed by atoms with Crippen LogP contribution in [-0.2, 0) is 6.18 Å². The third-order valence-corrected chi connectivity index (χ3v) is 1.53. The Labute approximate surface area is 74.5 Å². The van der Waals surface area contributed by atoms with Crippen molar-refractivity contribution in [2.75, 3.05) is 0 Å². The van der Waals surface area contributed by atoms with Gasteiger partial charge in [0.25, 0.3) is 0 Å². The predicted molar refractivity (Wildman–Crippen MR) is 37.5 cm³/mol. The van der Waals surface area contributed by atoms with Gasteiger partial charge in [-0.15, -0.1) is 0 Å². The fourth-order valence-electron chi connectivity index (χ4n) is 0.721. The summed E-state index contributed by atoms with van der Waals surface area (Å²) in [5, 5.41) is 9.33. The van der Waals surface area contributed by atoms with E-state index in [-0.39, 0.29) is 0 Å². The molecule has 1 rings (SSSR count). The van der Waals surface area contributed by atoms with Gasteiger partial charge in [0.1, 0.15) is 5.02 Å². The van der Waals surface area contributed by atoms with Gasteiger partial charge in [-0.2, -0.15) is 13.2 Å². The highest BCUT2D eigenvalue weighted by atomic mass is 35.5. The monoisotopic (exact) mass is 214 g/mol. The molecule has 0 amide bonds. The summed E-state index contributed by atoms with van der Waals surface area (Å²) < 4.78 is 36.0. The van der Waals surface area contributed by atoms with Gasteiger partial charge in [0, 0.05) is 0 Å². The number of aromatic nitrogens is 1. The molecule has 0 atom stereocenters. The number of hydrogen-bond donors (Lipinski definition) is 1. The Hall–Kier alpha value is -1.24. The van der Waals surface area contributed by atoms with E-state index in [0.29, 0.717) is 6.07 Å². The van der Waals surface area contributed by atoms with Crippen LogP contribution < -0.4 is 0 Å². The highest BCUT2D eigenvalue weighted by Gasteiger charge is 2.39. The molecule has 8 heteroatoms. The Morgan fingerprint density at radius 1 is 1.54 bits per heavy atom. The van der Waals surface area contributed by atoms with Crippen molar-refractivity contribution in [2.45, 2.75) is 6.18 Å². The topological polar surface area (TPSA) is 58.9 Å². The molecule has 0 saturated carbocycles. The zero-order valence-electron chi connectivity index (χ0n) is 5.85. The number of H-pyrrole nitrogens is 1. The van der Waals surface area contributed by atoms with Crippen LogP contribution >= 0.6 is 11.6 Å². The van der Waals surface area contributed by atoms with Crippen LogP contribution in [0, 0.1) is 10.1 Å². The number of rotatable bonds is 1. The van der Waals surface area contributed by atoms with Crippen molar-refractivity contribution in [3.05, 3.63) is 26.9 Å². The molecule has 1 heterocycles. The van der Waals surface area contributed by atoms with Gasteiger partial charge in [0.05, 0.1) is 6.07 Å². The number of nitrogens with one attached hydrogen (secondary N) is 1. The average Bonchev–Trinajstić information content (AvgIpc) is 2.29. The summed E-state index contributed by atoms with van der Waals surface area (Å²) in [6.07, 6.45) is -4.70. The van der Waals surface area contributed by atoms with Crippen LogP contribution in [0.15, 0.2) is 6.07 Å². The molecule has 1 aromatic rings. The molecule has 4 nitrogen and oxygen atoms in total. The Morgan fingerprint density at radius 3 is 2.31 bits per heavy atom. The lowest BCUT2D eigenvalue weighted by Crippen LogP contribution is -2.06. The molecular formula is C5H2ClF3N2O2. The number of nitrogens with zero attached hydrogens (tertiary/aromatic N) is 1. The molecule has 0 bridgehead atoms. The average molecular weight is 215 g/mol. The number of nitro groups is 1. The molecule has 13 heavy (non-hydrogen) atoms. The minimum absolute atomic E-state index is 0.615. The fourth-order valence-corrected chi connectivity index (χ4v) is 0.978. The van der Waals surface area contributed by atoms with E-state index in [9.17, 15) is 23.3 Å². The lowest BCUT2D eigenvalue weighted by molar-refractivity contribution is -0.389. The zero-order valence-corrected chi connectivity index (χ0v) is 6.61. The van der Waals surface area contributed by atoms with Gasteiger partial charge >= 0.3 is 12.0 Å². The van der Waals surface area contributed by atoms with Crippen molar-refractivity contribution in [3.63, 3.8) is 0 Å². The SMILES string of the molecule is O=[N+]([O-])c1cc(Cl)c(C(F)(F)F)[nH]1. The molecule has 1 N–H and O–H groups in total. The van der Waals surface area contributed by atoms with E-state index in [1.165, 1.54) is 0 Å². The maximum Gasteiger partial charge on any atom is 0.454 e. The van der Waals surface area contributed by atoms with E-state index in [1.807, 2.05) is 0 Å². The van der Waals surface area contributed by atoms with Crippen LogP contribution in [0.5, 0.6) is 0 Å². The van der Waals surface area contributed by atoms with Crippen molar-refractivity contribution in [1.29, 1.82) is 0 Å². The van der Waals surface area contributed by atoms with Gasteiger partial charge in [-0.05, 0) is 4.92 Å². The lowest BCUT2D eigenvalue weighted by atomic mass is 10.4. The predicted octanol–water partition coefficient (Wildman–Crippen LogP) is 2.60. The van der Waals surface area contributed by atoms with Crippen molar-refractivity contribution in [2.24, 2.45) is 0 Å². The van der Waals surface area contributed by atoms with Gasteiger partial charge in [0.15, 0.2) is 0 Å². The van der Waals surface area contributed by atoms with Crippen molar-refractivity contribution in [1.82, 2.24) is 4.98 Å². The maximum atomic E-state index is 12.0. The number of alkyl halides is 3. The molecule has 0 aliphatic rings. The van der Waals surface area contributed by atoms with E-state index in [0.717, 1.165) is 0 Å². The smallest absolute Gasteiger partial charge is 0.358 e. The Bertz CT molecular complexity index is 346. The number of hydrogen-bond acceptors (Lipinski definition) is 2. The summed E-state index contributed by atoms with van der Waals surface area (Å²) in [5.41, 5.74) is -1.30. The van der Waals surface area contributed by atoms with Gasteiger partial charge in [-0.3, -0.25) is 0 Å². The first-order valence-electron chi connectivity index (χ1n) is 2.92. The summed E-state index contributed by atoms with van der Waals surface area (Å²) >= 11 is 5.12. The van der Waals surface area contributed by atoms with E-state index in [2.05, 4.69) is 0 Å². The van der Waals surface area contributed by atoms with Crippen LogP contribution in [0.2, 0.25) is 5.02 Å². The second-order valence-corrected chi connectivity index (χ2v) is 2.54. The van der Waals surface area contributed by atoms with E-state index in [4.69, 9.17) is 11.6 Å². The molecule has 0 unspecified atom stereocenters. The molecule has 0 aromatic carbocycles. The van der Waals surface area contributed by atoms with Gasteiger partial charge < -0.3 is 10.1 Å². The second kappa shape index (κ2) is 2.91. The summed E-state index contributed by atoms with van der Waals surface area (Å²) in [4.78, 5) is 10.6. The molecule has 0 aliphatic heterocycles. The molecule has 72 valence electrons. The highest BCUT2D eigenvalue weighted by Crippen LogP contribution is 2.35. The molecule has 1 aromatic heterocycles. The summed E-state index contributed by atoms with van der Waals surface area (Å²) in [6.45, 7) is 0. The Morgan fingerprint density at radius 2 is 2.08 bits per heavy atom. The Balaban J connectivity index is 3.18. The van der Waals surface area contributed by atoms with Gasteiger partial charge in [-0.1, -0.05) is 11.6 Å². The minimum atomic E-state index is -4.70. The highest BCUT2D eigenvalue weighted by molar-refractivity contribution is 6.31. The normalized spacial score (nSPS) is 11.7. The molecule has 0 saturated heterocycles. The van der Waals surface area contributed by atoms with Crippen molar-refractivity contribution < 1.29 is 18.1 Å². The summed E-state index contributed by atoms with van der Waals surface area (Å²) in [7, 11) is 0. The maximum absolute atomic E-state index is 12.0. The third kappa shape index (κ3) is 1.92. The van der Waals surface area contributed by atoms with Crippen LogP contribution in [-0.4, -0.2) is 9.91 Å². The molecule has 0 spiro atoms. The van der Waals surface area contributed by atoms with Crippen molar-refractivity contribution >= 4 is 17.4 Å².